The van der Waals surface area contributed by atoms with Gasteiger partial charge in [0.1, 0.15) is 5.75 Å². The predicted octanol–water partition coefficient (Wildman–Crippen LogP) is 3.90. The van der Waals surface area contributed by atoms with Crippen LogP contribution in [-0.2, 0) is 0 Å². The van der Waals surface area contributed by atoms with Gasteiger partial charge in [-0.1, -0.05) is 35.9 Å². The van der Waals surface area contributed by atoms with E-state index in [9.17, 15) is 9.90 Å². The fraction of sp³-hybridized carbons (Fsp3) is 0.350. The minimum Gasteiger partial charge on any atom is -0.495 e. The Labute approximate surface area is 149 Å². The molecule has 5 nitrogen and oxygen atoms in total. The maximum Gasteiger partial charge on any atom is 0.322 e. The molecular formula is C20H26N2O3. The van der Waals surface area contributed by atoms with Gasteiger partial charge < -0.3 is 20.1 Å². The summed E-state index contributed by atoms with van der Waals surface area (Å²) in [5, 5.41) is 13.3. The smallest absolute Gasteiger partial charge is 0.322 e. The van der Waals surface area contributed by atoms with E-state index in [1.165, 1.54) is 0 Å². The second kappa shape index (κ2) is 8.53. The number of urea groups is 1. The van der Waals surface area contributed by atoms with E-state index in [1.807, 2.05) is 63.2 Å². The first-order valence-corrected chi connectivity index (χ1v) is 8.39. The van der Waals surface area contributed by atoms with Crippen molar-refractivity contribution < 1.29 is 14.6 Å². The molecule has 0 fully saturated rings. The normalized spacial score (nSPS) is 11.7. The number of likely N-dealkylation sites (N-methyl/N-ethyl adjacent to an activating group) is 1. The van der Waals surface area contributed by atoms with Crippen LogP contribution in [0.25, 0.3) is 0 Å². The van der Waals surface area contributed by atoms with E-state index in [0.717, 1.165) is 16.7 Å². The number of carbonyl (C=O) groups excluding carboxylic acids is 1. The number of hydrogen-bond acceptors (Lipinski definition) is 3. The van der Waals surface area contributed by atoms with Crippen molar-refractivity contribution in [3.8, 4) is 5.75 Å². The molecule has 0 saturated carbocycles. The van der Waals surface area contributed by atoms with Crippen LogP contribution >= 0.6 is 0 Å². The van der Waals surface area contributed by atoms with Crippen molar-refractivity contribution in [2.45, 2.75) is 26.9 Å². The number of anilines is 1. The number of nitrogens with zero attached hydrogens (tertiary/aromatic N) is 1. The van der Waals surface area contributed by atoms with Gasteiger partial charge in [-0.3, -0.25) is 0 Å². The minimum atomic E-state index is -0.730. The Morgan fingerprint density at radius 1 is 1.16 bits per heavy atom. The monoisotopic (exact) mass is 342 g/mol. The average Bonchev–Trinajstić information content (AvgIpc) is 2.61. The second-order valence-corrected chi connectivity index (χ2v) is 6.10. The molecule has 0 spiro atoms. The number of aryl methyl sites for hydroxylation is 2. The van der Waals surface area contributed by atoms with E-state index in [4.69, 9.17) is 4.74 Å². The maximum atomic E-state index is 12.6. The molecule has 0 saturated heterocycles. The van der Waals surface area contributed by atoms with Gasteiger partial charge in [-0.2, -0.15) is 0 Å². The van der Waals surface area contributed by atoms with Crippen LogP contribution in [0.15, 0.2) is 42.5 Å². The second-order valence-electron chi connectivity index (χ2n) is 6.10. The molecule has 1 unspecified atom stereocenters. The van der Waals surface area contributed by atoms with Crippen molar-refractivity contribution in [1.82, 2.24) is 4.90 Å². The molecule has 1 atom stereocenters. The highest BCUT2D eigenvalue weighted by Gasteiger charge is 2.18. The van der Waals surface area contributed by atoms with Crippen molar-refractivity contribution in [3.63, 3.8) is 0 Å². The van der Waals surface area contributed by atoms with E-state index in [1.54, 1.807) is 12.0 Å². The summed E-state index contributed by atoms with van der Waals surface area (Å²) >= 11 is 0. The first kappa shape index (κ1) is 18.8. The number of benzene rings is 2. The van der Waals surface area contributed by atoms with E-state index in [0.29, 0.717) is 18.0 Å². The number of rotatable bonds is 6. The zero-order valence-electron chi connectivity index (χ0n) is 15.2. The lowest BCUT2D eigenvalue weighted by atomic mass is 10.1. The molecule has 2 amide bonds. The topological polar surface area (TPSA) is 61.8 Å². The molecule has 0 aliphatic rings. The Bertz CT molecular complexity index is 713. The molecule has 0 aliphatic carbocycles. The summed E-state index contributed by atoms with van der Waals surface area (Å²) in [6.45, 7) is 6.55. The molecule has 2 aromatic rings. The fourth-order valence-corrected chi connectivity index (χ4v) is 2.55. The van der Waals surface area contributed by atoms with Crippen molar-refractivity contribution in [2.24, 2.45) is 0 Å². The lowest BCUT2D eigenvalue weighted by Crippen LogP contribution is -2.37. The van der Waals surface area contributed by atoms with Gasteiger partial charge in [-0.05, 0) is 44.0 Å². The molecule has 134 valence electrons. The van der Waals surface area contributed by atoms with Gasteiger partial charge in [-0.15, -0.1) is 0 Å². The third kappa shape index (κ3) is 4.97. The molecule has 25 heavy (non-hydrogen) atoms. The molecule has 0 heterocycles. The summed E-state index contributed by atoms with van der Waals surface area (Å²) in [6.07, 6.45) is -0.730. The third-order valence-electron chi connectivity index (χ3n) is 4.12. The lowest BCUT2D eigenvalue weighted by molar-refractivity contribution is 0.128. The number of methoxy groups -OCH3 is 1. The molecule has 5 heteroatoms. The largest absolute Gasteiger partial charge is 0.495 e. The summed E-state index contributed by atoms with van der Waals surface area (Å²) in [5.41, 5.74) is 3.59. The quantitative estimate of drug-likeness (QED) is 0.837. The van der Waals surface area contributed by atoms with Crippen LogP contribution in [0, 0.1) is 13.8 Å². The number of aliphatic hydroxyl groups is 1. The lowest BCUT2D eigenvalue weighted by Gasteiger charge is -2.25. The number of aliphatic hydroxyl groups excluding tert-OH is 1. The van der Waals surface area contributed by atoms with Crippen molar-refractivity contribution in [3.05, 3.63) is 59.2 Å². The van der Waals surface area contributed by atoms with Crippen molar-refractivity contribution >= 4 is 11.7 Å². The van der Waals surface area contributed by atoms with Gasteiger partial charge in [0.05, 0.1) is 25.4 Å². The SMILES string of the molecule is CCN(CC(O)c1ccc(C)cc1)C(=O)Nc1ccc(C)cc1OC. The van der Waals surface area contributed by atoms with Crippen LogP contribution in [0.1, 0.15) is 29.7 Å². The molecule has 0 aliphatic heterocycles. The predicted molar refractivity (Wildman–Crippen MR) is 100 cm³/mol. The van der Waals surface area contributed by atoms with Crippen LogP contribution in [0.2, 0.25) is 0 Å². The Kier molecular flexibility index (Phi) is 6.42. The standard InChI is InChI=1S/C20H26N2O3/c1-5-22(13-18(23)16-9-6-14(2)7-10-16)20(24)21-17-11-8-15(3)12-19(17)25-4/h6-12,18,23H,5,13H2,1-4H3,(H,21,24). The number of hydrogen-bond donors (Lipinski definition) is 2. The zero-order valence-corrected chi connectivity index (χ0v) is 15.2. The van der Waals surface area contributed by atoms with E-state index >= 15 is 0 Å². The summed E-state index contributed by atoms with van der Waals surface area (Å²) in [6, 6.07) is 13.0. The Morgan fingerprint density at radius 3 is 2.40 bits per heavy atom. The molecule has 2 N–H and O–H groups in total. The van der Waals surface area contributed by atoms with Gasteiger partial charge in [0.15, 0.2) is 0 Å². The first-order valence-electron chi connectivity index (χ1n) is 8.39. The third-order valence-corrected chi connectivity index (χ3v) is 4.12. The maximum absolute atomic E-state index is 12.6. The Morgan fingerprint density at radius 2 is 1.80 bits per heavy atom. The number of carbonyl (C=O) groups is 1. The highest BCUT2D eigenvalue weighted by atomic mass is 16.5. The van der Waals surface area contributed by atoms with Crippen molar-refractivity contribution in [2.75, 3.05) is 25.5 Å². The van der Waals surface area contributed by atoms with Crippen LogP contribution in [-0.4, -0.2) is 36.2 Å². The van der Waals surface area contributed by atoms with Crippen molar-refractivity contribution in [1.29, 1.82) is 0 Å². The number of ether oxygens (including phenoxy) is 1. The van der Waals surface area contributed by atoms with Gasteiger partial charge in [-0.25, -0.2) is 4.79 Å². The van der Waals surface area contributed by atoms with Crippen LogP contribution in [0.3, 0.4) is 0 Å². The average molecular weight is 342 g/mol. The molecule has 2 rings (SSSR count). The highest BCUT2D eigenvalue weighted by molar-refractivity contribution is 5.91. The summed E-state index contributed by atoms with van der Waals surface area (Å²) in [4.78, 5) is 14.1. The fourth-order valence-electron chi connectivity index (χ4n) is 2.55. The van der Waals surface area contributed by atoms with Crippen LogP contribution in [0.5, 0.6) is 5.75 Å². The highest BCUT2D eigenvalue weighted by Crippen LogP contribution is 2.26. The minimum absolute atomic E-state index is 0.222. The van der Waals surface area contributed by atoms with E-state index < -0.39 is 6.10 Å². The van der Waals surface area contributed by atoms with E-state index in [-0.39, 0.29) is 12.6 Å². The Hall–Kier alpha value is -2.53. The molecule has 2 aromatic carbocycles. The zero-order chi connectivity index (χ0) is 18.4. The van der Waals surface area contributed by atoms with Gasteiger partial charge >= 0.3 is 6.03 Å². The van der Waals surface area contributed by atoms with Crippen LogP contribution < -0.4 is 10.1 Å². The molecular weight excluding hydrogens is 316 g/mol. The number of nitrogens with one attached hydrogen (secondary N) is 1. The first-order chi connectivity index (χ1) is 11.9. The van der Waals surface area contributed by atoms with Gasteiger partial charge in [0, 0.05) is 6.54 Å². The molecule has 0 aromatic heterocycles. The summed E-state index contributed by atoms with van der Waals surface area (Å²) < 4.78 is 5.32. The van der Waals surface area contributed by atoms with Gasteiger partial charge in [0.2, 0.25) is 0 Å². The summed E-state index contributed by atoms with van der Waals surface area (Å²) in [5.74, 6) is 0.614. The van der Waals surface area contributed by atoms with Crippen LogP contribution in [0.4, 0.5) is 10.5 Å². The Balaban J connectivity index is 2.07. The summed E-state index contributed by atoms with van der Waals surface area (Å²) in [7, 11) is 1.57. The molecule has 0 radical (unpaired) electrons. The molecule has 0 bridgehead atoms. The van der Waals surface area contributed by atoms with E-state index in [2.05, 4.69) is 5.32 Å². The van der Waals surface area contributed by atoms with Gasteiger partial charge in [0.25, 0.3) is 0 Å². The number of amides is 2.